The van der Waals surface area contributed by atoms with Gasteiger partial charge in [-0.25, -0.2) is 17.5 Å². The van der Waals surface area contributed by atoms with Crippen molar-refractivity contribution in [2.24, 2.45) is 0 Å². The standard InChI is InChI=1S/C26H27Br2FN2O3S/c1-17(2)30-35(33,34)25-16-20(8-13-24(25)29)26(32)31(3)23(14-18-4-9-21(27)10-5-18)15-19-6-11-22(28)12-7-19/h4-13,16-17,23,30H,14-15H2,1-3H3. The van der Waals surface area contributed by atoms with Gasteiger partial charge in [0.25, 0.3) is 5.91 Å². The highest BCUT2D eigenvalue weighted by Crippen LogP contribution is 2.22. The number of carbonyl (C=O) groups is 1. The molecular weight excluding hydrogens is 599 g/mol. The van der Waals surface area contributed by atoms with Gasteiger partial charge in [0.1, 0.15) is 10.7 Å². The van der Waals surface area contributed by atoms with Crippen LogP contribution in [0.5, 0.6) is 0 Å². The molecule has 0 aliphatic carbocycles. The van der Waals surface area contributed by atoms with Crippen LogP contribution in [0, 0.1) is 5.82 Å². The van der Waals surface area contributed by atoms with Crippen molar-refractivity contribution in [2.75, 3.05) is 7.05 Å². The minimum atomic E-state index is -4.10. The number of hydrogen-bond donors (Lipinski definition) is 1. The third-order valence-corrected chi connectivity index (χ3v) is 8.23. The lowest BCUT2D eigenvalue weighted by Gasteiger charge is -2.29. The van der Waals surface area contributed by atoms with Crippen LogP contribution in [0.4, 0.5) is 4.39 Å². The molecule has 9 heteroatoms. The molecule has 3 aromatic carbocycles. The predicted octanol–water partition coefficient (Wildman–Crippen LogP) is 5.96. The van der Waals surface area contributed by atoms with Gasteiger partial charge in [-0.1, -0.05) is 56.1 Å². The maximum absolute atomic E-state index is 14.4. The van der Waals surface area contributed by atoms with Crippen molar-refractivity contribution in [1.29, 1.82) is 0 Å². The highest BCUT2D eigenvalue weighted by molar-refractivity contribution is 9.10. The van der Waals surface area contributed by atoms with Gasteiger partial charge in [0.15, 0.2) is 0 Å². The molecule has 35 heavy (non-hydrogen) atoms. The van der Waals surface area contributed by atoms with E-state index in [2.05, 4.69) is 36.6 Å². The Kier molecular flexibility index (Phi) is 9.26. The highest BCUT2D eigenvalue weighted by Gasteiger charge is 2.26. The molecular formula is C26H27Br2FN2O3S. The Bertz CT molecular complexity index is 1230. The fourth-order valence-corrected chi connectivity index (χ4v) is 5.60. The molecule has 0 aliphatic heterocycles. The number of hydrogen-bond acceptors (Lipinski definition) is 3. The van der Waals surface area contributed by atoms with Crippen LogP contribution in [0.15, 0.2) is 80.6 Å². The minimum absolute atomic E-state index is 0.106. The molecule has 0 bridgehead atoms. The molecule has 0 radical (unpaired) electrons. The molecule has 1 amide bonds. The first-order chi connectivity index (χ1) is 16.5. The van der Waals surface area contributed by atoms with E-state index in [9.17, 15) is 17.6 Å². The summed E-state index contributed by atoms with van der Waals surface area (Å²) in [7, 11) is -2.41. The van der Waals surface area contributed by atoms with Crippen molar-refractivity contribution >= 4 is 47.8 Å². The summed E-state index contributed by atoms with van der Waals surface area (Å²) in [5, 5.41) is 0. The van der Waals surface area contributed by atoms with Crippen molar-refractivity contribution in [3.8, 4) is 0 Å². The normalized spacial score (nSPS) is 11.8. The molecule has 0 aromatic heterocycles. The summed E-state index contributed by atoms with van der Waals surface area (Å²) >= 11 is 6.89. The van der Waals surface area contributed by atoms with E-state index in [4.69, 9.17) is 0 Å². The van der Waals surface area contributed by atoms with Gasteiger partial charge in [-0.15, -0.1) is 0 Å². The number of amides is 1. The lowest BCUT2D eigenvalue weighted by atomic mass is 9.97. The molecule has 0 saturated carbocycles. The van der Waals surface area contributed by atoms with Gasteiger partial charge in [0.05, 0.1) is 0 Å². The highest BCUT2D eigenvalue weighted by atomic mass is 79.9. The number of carbonyl (C=O) groups excluding carboxylic acids is 1. The molecule has 0 heterocycles. The Hall–Kier alpha value is -2.07. The topological polar surface area (TPSA) is 66.5 Å². The van der Waals surface area contributed by atoms with Crippen LogP contribution in [0.3, 0.4) is 0 Å². The second-order valence-corrected chi connectivity index (χ2v) is 12.2. The first kappa shape index (κ1) is 27.5. The van der Waals surface area contributed by atoms with Crippen LogP contribution in [0.1, 0.15) is 35.3 Å². The predicted molar refractivity (Wildman–Crippen MR) is 143 cm³/mol. The molecule has 1 N–H and O–H groups in total. The molecule has 0 saturated heterocycles. The maximum atomic E-state index is 14.4. The Balaban J connectivity index is 1.93. The molecule has 3 rings (SSSR count). The third-order valence-electron chi connectivity index (χ3n) is 5.50. The Labute approximate surface area is 223 Å². The van der Waals surface area contributed by atoms with Gasteiger partial charge >= 0.3 is 0 Å². The second kappa shape index (κ2) is 11.8. The van der Waals surface area contributed by atoms with E-state index < -0.39 is 26.8 Å². The molecule has 0 unspecified atom stereocenters. The average molecular weight is 626 g/mol. The van der Waals surface area contributed by atoms with Gasteiger partial charge < -0.3 is 4.90 Å². The number of likely N-dealkylation sites (N-methyl/N-ethyl adjacent to an activating group) is 1. The first-order valence-corrected chi connectivity index (χ1v) is 14.1. The summed E-state index contributed by atoms with van der Waals surface area (Å²) in [6.45, 7) is 3.29. The molecule has 0 atom stereocenters. The smallest absolute Gasteiger partial charge is 0.253 e. The van der Waals surface area contributed by atoms with Crippen LogP contribution in [0.2, 0.25) is 0 Å². The molecule has 0 fully saturated rings. The van der Waals surface area contributed by atoms with E-state index in [-0.39, 0.29) is 17.5 Å². The van der Waals surface area contributed by atoms with Crippen LogP contribution in [0.25, 0.3) is 0 Å². The summed E-state index contributed by atoms with van der Waals surface area (Å²) in [6.07, 6.45) is 1.18. The number of halogens is 3. The largest absolute Gasteiger partial charge is 0.338 e. The van der Waals surface area contributed by atoms with Crippen LogP contribution >= 0.6 is 31.9 Å². The number of rotatable bonds is 9. The zero-order chi connectivity index (χ0) is 25.8. The van der Waals surface area contributed by atoms with Gasteiger partial charge in [0.2, 0.25) is 10.0 Å². The van der Waals surface area contributed by atoms with Crippen molar-refractivity contribution in [3.05, 3.63) is 98.2 Å². The van der Waals surface area contributed by atoms with Crippen LogP contribution in [-0.4, -0.2) is 38.4 Å². The Morgan fingerprint density at radius 2 is 1.40 bits per heavy atom. The fraction of sp³-hybridized carbons (Fsp3) is 0.269. The van der Waals surface area contributed by atoms with E-state index >= 15 is 0 Å². The summed E-state index contributed by atoms with van der Waals surface area (Å²) in [4.78, 5) is 14.5. The number of nitrogens with zero attached hydrogens (tertiary/aromatic N) is 1. The summed E-state index contributed by atoms with van der Waals surface area (Å²) in [5.41, 5.74) is 2.21. The van der Waals surface area contributed by atoms with E-state index in [1.165, 1.54) is 6.07 Å². The fourth-order valence-electron chi connectivity index (χ4n) is 3.72. The SMILES string of the molecule is CC(C)NS(=O)(=O)c1cc(C(=O)N(C)C(Cc2ccc(Br)cc2)Cc2ccc(Br)cc2)ccc1F. The van der Waals surface area contributed by atoms with Crippen molar-refractivity contribution < 1.29 is 17.6 Å². The maximum Gasteiger partial charge on any atom is 0.253 e. The first-order valence-electron chi connectivity index (χ1n) is 11.0. The molecule has 3 aromatic rings. The lowest BCUT2D eigenvalue weighted by Crippen LogP contribution is -2.40. The quantitative estimate of drug-likeness (QED) is 0.319. The lowest BCUT2D eigenvalue weighted by molar-refractivity contribution is 0.0730. The summed E-state index contributed by atoms with van der Waals surface area (Å²) < 4.78 is 43.9. The minimum Gasteiger partial charge on any atom is -0.338 e. The Morgan fingerprint density at radius 1 is 0.914 bits per heavy atom. The van der Waals surface area contributed by atoms with Gasteiger partial charge in [0, 0.05) is 33.6 Å². The van der Waals surface area contributed by atoms with E-state index in [0.717, 1.165) is 32.2 Å². The monoisotopic (exact) mass is 624 g/mol. The van der Waals surface area contributed by atoms with E-state index in [1.54, 1.807) is 25.8 Å². The number of sulfonamides is 1. The van der Waals surface area contributed by atoms with Crippen molar-refractivity contribution in [2.45, 2.75) is 43.7 Å². The van der Waals surface area contributed by atoms with Gasteiger partial charge in [-0.05, 0) is 80.3 Å². The van der Waals surface area contributed by atoms with Crippen molar-refractivity contribution in [3.63, 3.8) is 0 Å². The molecule has 0 spiro atoms. The Morgan fingerprint density at radius 3 is 1.86 bits per heavy atom. The summed E-state index contributed by atoms with van der Waals surface area (Å²) in [6, 6.07) is 18.6. The zero-order valence-electron chi connectivity index (χ0n) is 19.6. The molecule has 5 nitrogen and oxygen atoms in total. The van der Waals surface area contributed by atoms with E-state index in [0.29, 0.717) is 12.8 Å². The van der Waals surface area contributed by atoms with Gasteiger partial charge in [-0.2, -0.15) is 0 Å². The van der Waals surface area contributed by atoms with Crippen LogP contribution in [-0.2, 0) is 22.9 Å². The average Bonchev–Trinajstić information content (AvgIpc) is 2.80. The second-order valence-electron chi connectivity index (χ2n) is 8.65. The number of benzene rings is 3. The third kappa shape index (κ3) is 7.46. The van der Waals surface area contributed by atoms with Gasteiger partial charge in [-0.3, -0.25) is 4.79 Å². The van der Waals surface area contributed by atoms with Crippen molar-refractivity contribution in [1.82, 2.24) is 9.62 Å². The molecule has 0 aliphatic rings. The molecule has 186 valence electrons. The zero-order valence-corrected chi connectivity index (χ0v) is 23.6. The van der Waals surface area contributed by atoms with Crippen LogP contribution < -0.4 is 4.72 Å². The van der Waals surface area contributed by atoms with E-state index in [1.807, 2.05) is 48.5 Å². The number of nitrogens with one attached hydrogen (secondary N) is 1. The summed E-state index contributed by atoms with van der Waals surface area (Å²) in [5.74, 6) is -1.29.